The summed E-state index contributed by atoms with van der Waals surface area (Å²) in [4.78, 5) is 11.7. The molecule has 92 valence electrons. The summed E-state index contributed by atoms with van der Waals surface area (Å²) in [6, 6.07) is 0. The van der Waals surface area contributed by atoms with Crippen LogP contribution >= 0.6 is 0 Å². The second-order valence-corrected chi connectivity index (χ2v) is 5.46. The van der Waals surface area contributed by atoms with Crippen LogP contribution in [-0.2, 0) is 9.53 Å². The van der Waals surface area contributed by atoms with Crippen molar-refractivity contribution in [3.63, 3.8) is 0 Å². The Hall–Kier alpha value is -0.410. The van der Waals surface area contributed by atoms with Crippen LogP contribution in [0.4, 0.5) is 0 Å². The zero-order chi connectivity index (χ0) is 11.4. The number of nitrogens with two attached hydrogens (primary N) is 1. The molecule has 0 aromatic carbocycles. The molecule has 3 nitrogen and oxygen atoms in total. The van der Waals surface area contributed by atoms with Gasteiger partial charge in [-0.05, 0) is 44.9 Å². The van der Waals surface area contributed by atoms with Crippen LogP contribution in [-0.4, -0.2) is 24.0 Å². The molecule has 0 aromatic rings. The number of carbonyl (C=O) groups is 1. The maximum Gasteiger partial charge on any atom is 0.134 e. The number of hydrogen-bond donors (Lipinski definition) is 1. The third-order valence-corrected chi connectivity index (χ3v) is 3.90. The van der Waals surface area contributed by atoms with E-state index in [4.69, 9.17) is 10.5 Å². The molecule has 3 heteroatoms. The van der Waals surface area contributed by atoms with Gasteiger partial charge in [0, 0.05) is 25.0 Å². The molecule has 2 fully saturated rings. The number of rotatable bonds is 6. The van der Waals surface area contributed by atoms with Crippen LogP contribution in [0.15, 0.2) is 0 Å². The molecular formula is C13H23NO2. The summed E-state index contributed by atoms with van der Waals surface area (Å²) in [5, 5.41) is 0. The molecule has 0 spiro atoms. The van der Waals surface area contributed by atoms with Crippen molar-refractivity contribution in [2.75, 3.05) is 6.61 Å². The summed E-state index contributed by atoms with van der Waals surface area (Å²) < 4.78 is 5.53. The first-order chi connectivity index (χ1) is 7.68. The standard InChI is InChI=1S/C13H23NO2/c14-13(7-3-8-13)10-11(15)4-1-5-12-6-2-9-16-12/h12H,1-10,14H2. The molecule has 1 heterocycles. The molecule has 2 N–H and O–H groups in total. The molecular weight excluding hydrogens is 202 g/mol. The molecule has 16 heavy (non-hydrogen) atoms. The summed E-state index contributed by atoms with van der Waals surface area (Å²) in [5.74, 6) is 0.347. The van der Waals surface area contributed by atoms with Gasteiger partial charge in [0.1, 0.15) is 5.78 Å². The topological polar surface area (TPSA) is 52.3 Å². The van der Waals surface area contributed by atoms with Crippen LogP contribution in [0.2, 0.25) is 0 Å². The minimum Gasteiger partial charge on any atom is -0.378 e. The average Bonchev–Trinajstić information content (AvgIpc) is 2.68. The third-order valence-electron chi connectivity index (χ3n) is 3.90. The highest BCUT2D eigenvalue weighted by Gasteiger charge is 2.34. The fourth-order valence-electron chi connectivity index (χ4n) is 2.69. The van der Waals surface area contributed by atoms with Crippen LogP contribution in [0.25, 0.3) is 0 Å². The van der Waals surface area contributed by atoms with E-state index in [1.54, 1.807) is 0 Å². The molecule has 1 saturated heterocycles. The zero-order valence-corrected chi connectivity index (χ0v) is 10.0. The van der Waals surface area contributed by atoms with Crippen molar-refractivity contribution in [1.29, 1.82) is 0 Å². The normalized spacial score (nSPS) is 27.7. The molecule has 0 amide bonds. The van der Waals surface area contributed by atoms with Crippen LogP contribution < -0.4 is 5.73 Å². The van der Waals surface area contributed by atoms with Crippen LogP contribution in [0, 0.1) is 0 Å². The number of ether oxygens (including phenoxy) is 1. The van der Waals surface area contributed by atoms with Gasteiger partial charge in [-0.2, -0.15) is 0 Å². The largest absolute Gasteiger partial charge is 0.378 e. The highest BCUT2D eigenvalue weighted by Crippen LogP contribution is 2.32. The predicted molar refractivity (Wildman–Crippen MR) is 63.2 cm³/mol. The monoisotopic (exact) mass is 225 g/mol. The molecule has 1 aliphatic heterocycles. The molecule has 0 bridgehead atoms. The minimum absolute atomic E-state index is 0.138. The van der Waals surface area contributed by atoms with Crippen molar-refractivity contribution in [2.24, 2.45) is 5.73 Å². The molecule has 1 unspecified atom stereocenters. The maximum absolute atomic E-state index is 11.7. The SMILES string of the molecule is NC1(CC(=O)CCCC2CCCO2)CCC1. The molecule has 0 radical (unpaired) electrons. The van der Waals surface area contributed by atoms with Crippen LogP contribution in [0.1, 0.15) is 57.8 Å². The van der Waals surface area contributed by atoms with E-state index in [0.717, 1.165) is 32.3 Å². The molecule has 1 atom stereocenters. The van der Waals surface area contributed by atoms with Crippen molar-refractivity contribution in [3.8, 4) is 0 Å². The Kier molecular flexibility index (Phi) is 3.98. The quantitative estimate of drug-likeness (QED) is 0.753. The zero-order valence-electron chi connectivity index (χ0n) is 10.0. The summed E-state index contributed by atoms with van der Waals surface area (Å²) in [5.41, 5.74) is 5.91. The van der Waals surface area contributed by atoms with Gasteiger partial charge < -0.3 is 10.5 Å². The highest BCUT2D eigenvalue weighted by atomic mass is 16.5. The van der Waals surface area contributed by atoms with Crippen LogP contribution in [0.5, 0.6) is 0 Å². The Bertz CT molecular complexity index is 242. The summed E-state index contributed by atoms with van der Waals surface area (Å²) in [6.45, 7) is 0.907. The predicted octanol–water partition coefficient (Wildman–Crippen LogP) is 2.18. The first kappa shape index (κ1) is 12.1. The summed E-state index contributed by atoms with van der Waals surface area (Å²) in [7, 11) is 0. The lowest BCUT2D eigenvalue weighted by Gasteiger charge is -2.37. The van der Waals surface area contributed by atoms with Gasteiger partial charge in [-0.3, -0.25) is 4.79 Å². The van der Waals surface area contributed by atoms with E-state index in [9.17, 15) is 4.79 Å². The van der Waals surface area contributed by atoms with Gasteiger partial charge in [0.15, 0.2) is 0 Å². The van der Waals surface area contributed by atoms with E-state index >= 15 is 0 Å². The van der Waals surface area contributed by atoms with Gasteiger partial charge in [-0.1, -0.05) is 0 Å². The van der Waals surface area contributed by atoms with Crippen molar-refractivity contribution < 1.29 is 9.53 Å². The Balaban J connectivity index is 1.56. The minimum atomic E-state index is -0.138. The van der Waals surface area contributed by atoms with Gasteiger partial charge in [0.05, 0.1) is 6.10 Å². The van der Waals surface area contributed by atoms with E-state index < -0.39 is 0 Å². The van der Waals surface area contributed by atoms with Crippen molar-refractivity contribution in [3.05, 3.63) is 0 Å². The lowest BCUT2D eigenvalue weighted by molar-refractivity contribution is -0.121. The number of hydrogen-bond acceptors (Lipinski definition) is 3. The fraction of sp³-hybridized carbons (Fsp3) is 0.923. The van der Waals surface area contributed by atoms with E-state index in [0.29, 0.717) is 24.7 Å². The van der Waals surface area contributed by atoms with Crippen molar-refractivity contribution in [1.82, 2.24) is 0 Å². The van der Waals surface area contributed by atoms with Gasteiger partial charge in [-0.15, -0.1) is 0 Å². The number of Topliss-reactive ketones (excluding diaryl/α,β-unsaturated/α-hetero) is 1. The van der Waals surface area contributed by atoms with Crippen molar-refractivity contribution >= 4 is 5.78 Å². The Labute approximate surface area is 97.7 Å². The Morgan fingerprint density at radius 1 is 1.38 bits per heavy atom. The summed E-state index contributed by atoms with van der Waals surface area (Å²) >= 11 is 0. The first-order valence-corrected chi connectivity index (χ1v) is 6.60. The van der Waals surface area contributed by atoms with Gasteiger partial charge in [0.2, 0.25) is 0 Å². The fourth-order valence-corrected chi connectivity index (χ4v) is 2.69. The number of carbonyl (C=O) groups excluding carboxylic acids is 1. The first-order valence-electron chi connectivity index (χ1n) is 6.60. The molecule has 1 saturated carbocycles. The number of ketones is 1. The van der Waals surface area contributed by atoms with E-state index in [2.05, 4.69) is 0 Å². The lowest BCUT2D eigenvalue weighted by Crippen LogP contribution is -2.48. The van der Waals surface area contributed by atoms with Crippen LogP contribution in [0.3, 0.4) is 0 Å². The Morgan fingerprint density at radius 3 is 2.75 bits per heavy atom. The molecule has 0 aromatic heterocycles. The lowest BCUT2D eigenvalue weighted by atomic mass is 9.74. The van der Waals surface area contributed by atoms with E-state index in [1.165, 1.54) is 19.3 Å². The summed E-state index contributed by atoms with van der Waals surface area (Å²) in [6.07, 6.45) is 9.34. The molecule has 1 aliphatic carbocycles. The third kappa shape index (κ3) is 3.29. The Morgan fingerprint density at radius 2 is 2.19 bits per heavy atom. The second-order valence-electron chi connectivity index (χ2n) is 5.46. The highest BCUT2D eigenvalue weighted by molar-refractivity contribution is 5.79. The van der Waals surface area contributed by atoms with E-state index in [-0.39, 0.29) is 5.54 Å². The molecule has 2 aliphatic rings. The molecule has 2 rings (SSSR count). The van der Waals surface area contributed by atoms with Gasteiger partial charge >= 0.3 is 0 Å². The van der Waals surface area contributed by atoms with Gasteiger partial charge in [0.25, 0.3) is 0 Å². The van der Waals surface area contributed by atoms with E-state index in [1.807, 2.05) is 0 Å². The second kappa shape index (κ2) is 5.28. The smallest absolute Gasteiger partial charge is 0.134 e. The average molecular weight is 225 g/mol. The maximum atomic E-state index is 11.7. The van der Waals surface area contributed by atoms with Gasteiger partial charge in [-0.25, -0.2) is 0 Å². The van der Waals surface area contributed by atoms with Crippen molar-refractivity contribution in [2.45, 2.75) is 69.4 Å².